The Labute approximate surface area is 233 Å². The second kappa shape index (κ2) is 11.6. The Morgan fingerprint density at radius 1 is 1.00 bits per heavy atom. The molecule has 1 unspecified atom stereocenters. The minimum atomic E-state index is -4.21. The zero-order valence-corrected chi connectivity index (χ0v) is 22.8. The molecule has 2 N–H and O–H groups in total. The molecule has 206 valence electrons. The monoisotopic (exact) mass is 581 g/mol. The largest absolute Gasteiger partial charge is 0.352 e. The standard InChI is InChI=1S/C29H25F2N3O4S2/c30-20-10-7-18(8-11-20)17-40(37,38)27(28(36)32-16-26(35)33-21-12-13-21)29-34-24-14-9-19(15-25(24)39-29)22-5-3-1-2-4-6-23(22)31/h1-11,14-15,21,27H,12-13,16-17H2,(H,32,36)(H,33,35)/b2-1?,3-1-,4-2+,5-3?,6-4?,22-5-,23-6-,23-22?. The number of aromatic nitrogens is 1. The first-order chi connectivity index (χ1) is 19.2. The van der Waals surface area contributed by atoms with E-state index < -0.39 is 44.3 Å². The molecule has 0 spiro atoms. The molecule has 3 aromatic rings. The summed E-state index contributed by atoms with van der Waals surface area (Å²) in [6.07, 6.45) is 11.5. The van der Waals surface area contributed by atoms with Crippen LogP contribution in [0.3, 0.4) is 0 Å². The first kappa shape index (κ1) is 27.6. The van der Waals surface area contributed by atoms with Crippen LogP contribution < -0.4 is 10.6 Å². The van der Waals surface area contributed by atoms with E-state index in [1.165, 1.54) is 18.2 Å². The predicted molar refractivity (Wildman–Crippen MR) is 151 cm³/mol. The number of carbonyl (C=O) groups is 2. The van der Waals surface area contributed by atoms with Crippen molar-refractivity contribution < 1.29 is 26.8 Å². The minimum absolute atomic E-state index is 0.0138. The molecule has 2 aliphatic rings. The Kier molecular flexibility index (Phi) is 8.04. The molecular formula is C29H25F2N3O4S2. The molecule has 0 bridgehead atoms. The number of fused-ring (bicyclic) bond motifs is 1. The van der Waals surface area contributed by atoms with Gasteiger partial charge in [-0.2, -0.15) is 0 Å². The van der Waals surface area contributed by atoms with Crippen molar-refractivity contribution in [1.82, 2.24) is 15.6 Å². The molecule has 1 heterocycles. The normalized spacial score (nSPS) is 20.2. The third-order valence-corrected chi connectivity index (χ3v) is 9.40. The number of sulfone groups is 1. The first-order valence-corrected chi connectivity index (χ1v) is 15.1. The molecule has 0 saturated heterocycles. The molecular weight excluding hydrogens is 556 g/mol. The quantitative estimate of drug-likeness (QED) is 0.376. The summed E-state index contributed by atoms with van der Waals surface area (Å²) >= 11 is 1.00. The predicted octanol–water partition coefficient (Wildman–Crippen LogP) is 4.85. The third-order valence-electron chi connectivity index (χ3n) is 6.28. The fourth-order valence-corrected chi connectivity index (χ4v) is 7.30. The number of halogens is 2. The lowest BCUT2D eigenvalue weighted by Crippen LogP contribution is -2.41. The Morgan fingerprint density at radius 2 is 1.73 bits per heavy atom. The maximum absolute atomic E-state index is 14.7. The summed E-state index contributed by atoms with van der Waals surface area (Å²) in [6, 6.07) is 10.1. The van der Waals surface area contributed by atoms with Crippen molar-refractivity contribution in [3.63, 3.8) is 0 Å². The highest BCUT2D eigenvalue weighted by atomic mass is 32.2. The summed E-state index contributed by atoms with van der Waals surface area (Å²) in [5.74, 6) is -2.79. The summed E-state index contributed by atoms with van der Waals surface area (Å²) in [5, 5.41) is 3.48. The summed E-state index contributed by atoms with van der Waals surface area (Å²) in [6.45, 7) is -0.380. The molecule has 2 aliphatic carbocycles. The number of carbonyl (C=O) groups excluding carboxylic acids is 2. The number of nitrogens with one attached hydrogen (secondary N) is 2. The van der Waals surface area contributed by atoms with Crippen LogP contribution in [-0.4, -0.2) is 37.8 Å². The zero-order chi connectivity index (χ0) is 28.3. The van der Waals surface area contributed by atoms with Crippen LogP contribution >= 0.6 is 11.3 Å². The fraction of sp³-hybridized carbons (Fsp3) is 0.207. The van der Waals surface area contributed by atoms with Gasteiger partial charge in [-0.15, -0.1) is 11.3 Å². The van der Waals surface area contributed by atoms with Crippen molar-refractivity contribution in [2.45, 2.75) is 29.9 Å². The van der Waals surface area contributed by atoms with E-state index in [0.717, 1.165) is 36.3 Å². The number of hydrogen-bond acceptors (Lipinski definition) is 6. The first-order valence-electron chi connectivity index (χ1n) is 12.5. The number of rotatable bonds is 9. The van der Waals surface area contributed by atoms with E-state index in [9.17, 15) is 26.8 Å². The Bertz CT molecular complexity index is 1690. The van der Waals surface area contributed by atoms with E-state index in [2.05, 4.69) is 15.6 Å². The van der Waals surface area contributed by atoms with Crippen LogP contribution in [0.15, 0.2) is 84.7 Å². The molecule has 5 rings (SSSR count). The number of hydrogen-bond donors (Lipinski definition) is 2. The van der Waals surface area contributed by atoms with Crippen molar-refractivity contribution in [3.8, 4) is 0 Å². The lowest BCUT2D eigenvalue weighted by atomic mass is 10.0. The van der Waals surface area contributed by atoms with Crippen molar-refractivity contribution >= 4 is 48.8 Å². The number of allylic oxidation sites excluding steroid dienone is 8. The summed E-state index contributed by atoms with van der Waals surface area (Å²) in [5.41, 5.74) is 1.65. The van der Waals surface area contributed by atoms with Crippen LogP contribution in [-0.2, 0) is 25.2 Å². The van der Waals surface area contributed by atoms with Gasteiger partial charge in [0.25, 0.3) is 0 Å². The van der Waals surface area contributed by atoms with Gasteiger partial charge in [0.15, 0.2) is 15.1 Å². The van der Waals surface area contributed by atoms with Gasteiger partial charge >= 0.3 is 0 Å². The number of nitrogens with zero attached hydrogens (tertiary/aromatic N) is 1. The molecule has 1 saturated carbocycles. The fourth-order valence-electron chi connectivity index (χ4n) is 4.14. The van der Waals surface area contributed by atoms with Gasteiger partial charge in [-0.05, 0) is 54.3 Å². The van der Waals surface area contributed by atoms with Crippen LogP contribution in [0.1, 0.15) is 34.2 Å². The Hall–Kier alpha value is -3.96. The lowest BCUT2D eigenvalue weighted by Gasteiger charge is -2.16. The van der Waals surface area contributed by atoms with Crippen molar-refractivity contribution in [2.24, 2.45) is 0 Å². The van der Waals surface area contributed by atoms with Crippen molar-refractivity contribution in [2.75, 3.05) is 6.54 Å². The summed E-state index contributed by atoms with van der Waals surface area (Å²) in [7, 11) is -4.21. The molecule has 1 fully saturated rings. The average molecular weight is 582 g/mol. The van der Waals surface area contributed by atoms with E-state index in [0.29, 0.717) is 26.9 Å². The highest BCUT2D eigenvalue weighted by Crippen LogP contribution is 2.35. The van der Waals surface area contributed by atoms with E-state index in [4.69, 9.17) is 0 Å². The maximum Gasteiger partial charge on any atom is 0.245 e. The smallest absolute Gasteiger partial charge is 0.245 e. The van der Waals surface area contributed by atoms with Gasteiger partial charge in [-0.3, -0.25) is 9.59 Å². The van der Waals surface area contributed by atoms with E-state index in [1.807, 2.05) is 0 Å². The molecule has 0 aliphatic heterocycles. The van der Waals surface area contributed by atoms with E-state index in [1.54, 1.807) is 48.6 Å². The topological polar surface area (TPSA) is 105 Å². The van der Waals surface area contributed by atoms with Gasteiger partial charge in [0, 0.05) is 11.6 Å². The van der Waals surface area contributed by atoms with Gasteiger partial charge in [0.2, 0.25) is 11.8 Å². The van der Waals surface area contributed by atoms with Crippen LogP contribution in [0.2, 0.25) is 0 Å². The van der Waals surface area contributed by atoms with E-state index >= 15 is 0 Å². The van der Waals surface area contributed by atoms with Gasteiger partial charge in [-0.1, -0.05) is 48.6 Å². The molecule has 7 nitrogen and oxygen atoms in total. The van der Waals surface area contributed by atoms with Gasteiger partial charge in [0.1, 0.15) is 16.7 Å². The van der Waals surface area contributed by atoms with Gasteiger partial charge < -0.3 is 10.6 Å². The molecule has 40 heavy (non-hydrogen) atoms. The minimum Gasteiger partial charge on any atom is -0.352 e. The Morgan fingerprint density at radius 3 is 2.45 bits per heavy atom. The van der Waals surface area contributed by atoms with E-state index in [-0.39, 0.29) is 17.6 Å². The van der Waals surface area contributed by atoms with Crippen LogP contribution in [0.4, 0.5) is 8.78 Å². The third kappa shape index (κ3) is 6.60. The lowest BCUT2D eigenvalue weighted by molar-refractivity contribution is -0.126. The zero-order valence-electron chi connectivity index (χ0n) is 21.1. The Balaban J connectivity index is 1.48. The highest BCUT2D eigenvalue weighted by Gasteiger charge is 2.37. The van der Waals surface area contributed by atoms with Crippen LogP contribution in [0, 0.1) is 5.82 Å². The van der Waals surface area contributed by atoms with Crippen molar-refractivity contribution in [1.29, 1.82) is 0 Å². The molecule has 2 amide bonds. The number of amides is 2. The molecule has 0 radical (unpaired) electrons. The molecule has 2 aromatic carbocycles. The number of benzene rings is 2. The van der Waals surface area contributed by atoms with Gasteiger partial charge in [-0.25, -0.2) is 22.2 Å². The second-order valence-corrected chi connectivity index (χ2v) is 12.6. The second-order valence-electron chi connectivity index (χ2n) is 9.47. The van der Waals surface area contributed by atoms with Gasteiger partial charge in [0.05, 0.1) is 22.5 Å². The van der Waals surface area contributed by atoms with Crippen LogP contribution in [0.25, 0.3) is 15.8 Å². The molecule has 11 heteroatoms. The maximum atomic E-state index is 14.7. The summed E-state index contributed by atoms with van der Waals surface area (Å²) in [4.78, 5) is 29.9. The number of thiazole rings is 1. The van der Waals surface area contributed by atoms with Crippen molar-refractivity contribution in [3.05, 3.63) is 107 Å². The van der Waals surface area contributed by atoms with Crippen LogP contribution in [0.5, 0.6) is 0 Å². The molecule has 1 atom stereocenters. The molecule has 1 aromatic heterocycles. The highest BCUT2D eigenvalue weighted by molar-refractivity contribution is 7.91. The average Bonchev–Trinajstić information content (AvgIpc) is 3.62. The summed E-state index contributed by atoms with van der Waals surface area (Å²) < 4.78 is 55.9. The SMILES string of the molecule is O=C(CNC(=O)C(c1nc2ccc(C3=C/C=C\C=C\C=C\3F)cc2s1)S(=O)(=O)Cc1ccc(F)cc1)NC1CC1.